The highest BCUT2D eigenvalue weighted by Gasteiger charge is 2.11. The summed E-state index contributed by atoms with van der Waals surface area (Å²) in [6.07, 6.45) is 0.931. The SMILES string of the molecule is CC(C)CCO.CCN(CCN(C)C)c1ccc(/C(C)=C(\C#N)C(N)=O)cc1. The van der Waals surface area contributed by atoms with Gasteiger partial charge in [0.2, 0.25) is 0 Å². The summed E-state index contributed by atoms with van der Waals surface area (Å²) in [5.74, 6) is -0.0414. The molecule has 0 aliphatic heterocycles. The molecule has 0 aromatic heterocycles. The Hall–Kier alpha value is -2.36. The van der Waals surface area contributed by atoms with Crippen LogP contribution in [-0.4, -0.2) is 56.3 Å². The minimum Gasteiger partial charge on any atom is -0.396 e. The summed E-state index contributed by atoms with van der Waals surface area (Å²) in [6, 6.07) is 9.73. The molecule has 0 saturated carbocycles. The van der Waals surface area contributed by atoms with Crippen molar-refractivity contribution in [2.24, 2.45) is 11.7 Å². The first-order valence-corrected chi connectivity index (χ1v) is 9.69. The van der Waals surface area contributed by atoms with Crippen molar-refractivity contribution in [2.75, 3.05) is 45.2 Å². The summed E-state index contributed by atoms with van der Waals surface area (Å²) in [5, 5.41) is 17.2. The Kier molecular flexibility index (Phi) is 12.6. The molecular weight excluding hydrogens is 352 g/mol. The fraction of sp³-hybridized carbons (Fsp3) is 0.545. The van der Waals surface area contributed by atoms with E-state index in [2.05, 4.69) is 44.7 Å². The number of primary amides is 1. The van der Waals surface area contributed by atoms with Crippen LogP contribution in [0.5, 0.6) is 0 Å². The number of amides is 1. The summed E-state index contributed by atoms with van der Waals surface area (Å²) in [6.45, 7) is 11.2. The second-order valence-corrected chi connectivity index (χ2v) is 7.31. The van der Waals surface area contributed by atoms with Crippen molar-refractivity contribution in [1.29, 1.82) is 5.26 Å². The molecule has 0 saturated heterocycles. The van der Waals surface area contributed by atoms with Gasteiger partial charge < -0.3 is 20.6 Å². The number of benzene rings is 1. The van der Waals surface area contributed by atoms with Gasteiger partial charge in [0.15, 0.2) is 0 Å². The molecule has 156 valence electrons. The van der Waals surface area contributed by atoms with Crippen LogP contribution >= 0.6 is 0 Å². The van der Waals surface area contributed by atoms with Gasteiger partial charge in [-0.25, -0.2) is 0 Å². The average Bonchev–Trinajstić information content (AvgIpc) is 2.63. The van der Waals surface area contributed by atoms with Crippen LogP contribution in [0, 0.1) is 17.2 Å². The minimum absolute atomic E-state index is 0.00713. The van der Waals surface area contributed by atoms with Crippen LogP contribution in [0.25, 0.3) is 5.57 Å². The lowest BCUT2D eigenvalue weighted by molar-refractivity contribution is -0.114. The van der Waals surface area contributed by atoms with E-state index in [-0.39, 0.29) is 5.57 Å². The van der Waals surface area contributed by atoms with Crippen LogP contribution in [0.3, 0.4) is 0 Å². The number of rotatable bonds is 9. The number of nitrogens with zero attached hydrogens (tertiary/aromatic N) is 3. The van der Waals surface area contributed by atoms with Crippen molar-refractivity contribution in [3.05, 3.63) is 35.4 Å². The maximum atomic E-state index is 11.2. The van der Waals surface area contributed by atoms with Crippen LogP contribution in [0.2, 0.25) is 0 Å². The van der Waals surface area contributed by atoms with E-state index >= 15 is 0 Å². The van der Waals surface area contributed by atoms with E-state index < -0.39 is 5.91 Å². The lowest BCUT2D eigenvalue weighted by atomic mass is 10.0. The Balaban J connectivity index is 0.00000105. The number of carbonyl (C=O) groups excluding carboxylic acids is 1. The topological polar surface area (TPSA) is 93.6 Å². The molecule has 1 aromatic rings. The number of nitriles is 1. The Bertz CT molecular complexity index is 658. The van der Waals surface area contributed by atoms with Crippen molar-refractivity contribution >= 4 is 17.2 Å². The van der Waals surface area contributed by atoms with Crippen molar-refractivity contribution in [1.82, 2.24) is 4.90 Å². The van der Waals surface area contributed by atoms with Crippen LogP contribution < -0.4 is 10.6 Å². The Morgan fingerprint density at radius 1 is 1.21 bits per heavy atom. The van der Waals surface area contributed by atoms with E-state index in [1.165, 1.54) is 0 Å². The summed E-state index contributed by atoms with van der Waals surface area (Å²) in [7, 11) is 4.11. The third-order valence-electron chi connectivity index (χ3n) is 4.30. The molecule has 1 rings (SSSR count). The number of hydrogen-bond acceptors (Lipinski definition) is 5. The molecule has 0 radical (unpaired) electrons. The van der Waals surface area contributed by atoms with Crippen LogP contribution in [-0.2, 0) is 4.79 Å². The molecule has 6 heteroatoms. The highest BCUT2D eigenvalue weighted by molar-refractivity contribution is 6.03. The molecule has 6 nitrogen and oxygen atoms in total. The summed E-state index contributed by atoms with van der Waals surface area (Å²) in [4.78, 5) is 15.7. The van der Waals surface area contributed by atoms with Gasteiger partial charge in [-0.2, -0.15) is 5.26 Å². The lowest BCUT2D eigenvalue weighted by Crippen LogP contribution is -2.31. The fourth-order valence-corrected chi connectivity index (χ4v) is 2.44. The number of carbonyl (C=O) groups is 1. The lowest BCUT2D eigenvalue weighted by Gasteiger charge is -2.25. The first-order valence-electron chi connectivity index (χ1n) is 9.69. The molecule has 0 atom stereocenters. The smallest absolute Gasteiger partial charge is 0.259 e. The molecule has 1 amide bonds. The van der Waals surface area contributed by atoms with Gasteiger partial charge >= 0.3 is 0 Å². The van der Waals surface area contributed by atoms with E-state index in [4.69, 9.17) is 16.1 Å². The summed E-state index contributed by atoms with van der Waals surface area (Å²) >= 11 is 0. The molecule has 3 N–H and O–H groups in total. The first kappa shape index (κ1) is 25.6. The maximum Gasteiger partial charge on any atom is 0.259 e. The predicted molar refractivity (Wildman–Crippen MR) is 117 cm³/mol. The molecule has 0 spiro atoms. The molecule has 0 fully saturated rings. The Morgan fingerprint density at radius 3 is 2.11 bits per heavy atom. The second kappa shape index (κ2) is 13.8. The van der Waals surface area contributed by atoms with Gasteiger partial charge in [0, 0.05) is 31.9 Å². The van der Waals surface area contributed by atoms with E-state index in [9.17, 15) is 4.79 Å². The summed E-state index contributed by atoms with van der Waals surface area (Å²) < 4.78 is 0. The number of hydrogen-bond donors (Lipinski definition) is 2. The predicted octanol–water partition coefficient (Wildman–Crippen LogP) is 2.88. The molecule has 1 aromatic carbocycles. The van der Waals surface area contributed by atoms with Gasteiger partial charge in [-0.1, -0.05) is 26.0 Å². The Labute approximate surface area is 170 Å². The van der Waals surface area contributed by atoms with E-state index in [1.54, 1.807) is 6.92 Å². The zero-order chi connectivity index (χ0) is 21.7. The largest absolute Gasteiger partial charge is 0.396 e. The second-order valence-electron chi connectivity index (χ2n) is 7.31. The number of allylic oxidation sites excluding steroid dienone is 1. The monoisotopic (exact) mass is 388 g/mol. The molecule has 0 bridgehead atoms. The standard InChI is InChI=1S/C17H24N4O.C5H12O/c1-5-21(11-10-20(3)4)15-8-6-14(7-9-15)13(2)16(12-18)17(19)22;1-5(2)3-4-6/h6-9H,5,10-11H2,1-4H3,(H2,19,22);5-6H,3-4H2,1-2H3/b16-13+;. The molecule has 0 aliphatic rings. The molecular formula is C22H36N4O2. The van der Waals surface area contributed by atoms with Crippen molar-refractivity contribution in [3.63, 3.8) is 0 Å². The van der Waals surface area contributed by atoms with Crippen molar-refractivity contribution in [2.45, 2.75) is 34.1 Å². The zero-order valence-corrected chi connectivity index (χ0v) is 18.2. The van der Waals surface area contributed by atoms with Gasteiger partial charge in [-0.3, -0.25) is 4.79 Å². The van der Waals surface area contributed by atoms with E-state index in [1.807, 2.05) is 30.3 Å². The van der Waals surface area contributed by atoms with Gasteiger partial charge in [0.05, 0.1) is 0 Å². The van der Waals surface area contributed by atoms with Crippen molar-refractivity contribution in [3.8, 4) is 6.07 Å². The number of aliphatic hydroxyl groups is 1. The average molecular weight is 389 g/mol. The Morgan fingerprint density at radius 2 is 1.79 bits per heavy atom. The van der Waals surface area contributed by atoms with Crippen LogP contribution in [0.4, 0.5) is 5.69 Å². The first-order chi connectivity index (χ1) is 13.2. The van der Waals surface area contributed by atoms with Gasteiger partial charge in [-0.15, -0.1) is 0 Å². The van der Waals surface area contributed by atoms with Crippen LogP contribution in [0.1, 0.15) is 39.7 Å². The summed E-state index contributed by atoms with van der Waals surface area (Å²) in [5.41, 5.74) is 7.80. The highest BCUT2D eigenvalue weighted by Crippen LogP contribution is 2.22. The van der Waals surface area contributed by atoms with Gasteiger partial charge in [-0.05, 0) is 63.6 Å². The van der Waals surface area contributed by atoms with E-state index in [0.29, 0.717) is 18.1 Å². The normalized spacial score (nSPS) is 11.4. The minimum atomic E-state index is -0.690. The fourth-order valence-electron chi connectivity index (χ4n) is 2.44. The zero-order valence-electron chi connectivity index (χ0n) is 18.2. The van der Waals surface area contributed by atoms with Crippen molar-refractivity contribution < 1.29 is 9.90 Å². The van der Waals surface area contributed by atoms with Gasteiger partial charge in [0.1, 0.15) is 11.6 Å². The molecule has 28 heavy (non-hydrogen) atoms. The van der Waals surface area contributed by atoms with Crippen LogP contribution in [0.15, 0.2) is 29.8 Å². The number of likely N-dealkylation sites (N-methyl/N-ethyl adjacent to an activating group) is 2. The number of nitrogens with two attached hydrogens (primary N) is 1. The number of anilines is 1. The van der Waals surface area contributed by atoms with Gasteiger partial charge in [0.25, 0.3) is 5.91 Å². The third kappa shape index (κ3) is 9.54. The quantitative estimate of drug-likeness (QED) is 0.501. The molecule has 0 unspecified atom stereocenters. The molecule has 0 heterocycles. The maximum absolute atomic E-state index is 11.2. The highest BCUT2D eigenvalue weighted by atomic mass is 16.3. The third-order valence-corrected chi connectivity index (χ3v) is 4.30. The molecule has 0 aliphatic carbocycles. The number of aliphatic hydroxyl groups excluding tert-OH is 1. The van der Waals surface area contributed by atoms with E-state index in [0.717, 1.165) is 37.3 Å².